The molecule has 1 aliphatic heterocycles. The molecule has 4 nitrogen and oxygen atoms in total. The molecule has 2 aromatic rings. The predicted molar refractivity (Wildman–Crippen MR) is 92.6 cm³/mol. The summed E-state index contributed by atoms with van der Waals surface area (Å²) in [6.45, 7) is 2.49. The van der Waals surface area contributed by atoms with Gasteiger partial charge in [-0.3, -0.25) is 4.79 Å². The standard InChI is InChI=1S/C18H17ClN2O2/c1-2-21-16-6-4-3-5-14(16)20-15(18(21)23)11-17(22)12-7-9-13(19)10-8-12/h3-11,17,20,22H,2H2,1H3/b15-11-. The number of nitrogens with one attached hydrogen (secondary N) is 1. The van der Waals surface area contributed by atoms with Gasteiger partial charge in [-0.05, 0) is 42.8 Å². The van der Waals surface area contributed by atoms with E-state index in [0.717, 1.165) is 11.4 Å². The van der Waals surface area contributed by atoms with Crippen molar-refractivity contribution in [1.29, 1.82) is 0 Å². The summed E-state index contributed by atoms with van der Waals surface area (Å²) >= 11 is 5.86. The molecule has 118 valence electrons. The van der Waals surface area contributed by atoms with Gasteiger partial charge in [0.2, 0.25) is 0 Å². The van der Waals surface area contributed by atoms with Gasteiger partial charge < -0.3 is 15.3 Å². The number of amides is 1. The molecule has 1 amide bonds. The maximum Gasteiger partial charge on any atom is 0.274 e. The Morgan fingerprint density at radius 3 is 2.61 bits per heavy atom. The van der Waals surface area contributed by atoms with Gasteiger partial charge in [0.25, 0.3) is 5.91 Å². The van der Waals surface area contributed by atoms with Gasteiger partial charge in [0.05, 0.1) is 17.5 Å². The van der Waals surface area contributed by atoms with Crippen molar-refractivity contribution in [3.05, 3.63) is 70.9 Å². The number of rotatable bonds is 3. The first-order chi connectivity index (χ1) is 11.1. The SMILES string of the molecule is CCN1C(=O)/C(=C/C(O)c2ccc(Cl)cc2)Nc2ccccc21. The van der Waals surface area contributed by atoms with Gasteiger partial charge in [0, 0.05) is 11.6 Å². The number of para-hydroxylation sites is 2. The average molecular weight is 329 g/mol. The number of likely N-dealkylation sites (N-methyl/N-ethyl adjacent to an activating group) is 1. The first kappa shape index (κ1) is 15.6. The van der Waals surface area contributed by atoms with E-state index < -0.39 is 6.10 Å². The molecule has 1 heterocycles. The van der Waals surface area contributed by atoms with Crippen LogP contribution in [0, 0.1) is 0 Å². The van der Waals surface area contributed by atoms with Gasteiger partial charge in [-0.1, -0.05) is 35.9 Å². The number of aliphatic hydroxyl groups is 1. The number of aliphatic hydroxyl groups excluding tert-OH is 1. The molecule has 3 rings (SSSR count). The second-order valence-electron chi connectivity index (χ2n) is 5.27. The van der Waals surface area contributed by atoms with Crippen LogP contribution in [-0.4, -0.2) is 17.6 Å². The highest BCUT2D eigenvalue weighted by atomic mass is 35.5. The normalized spacial score (nSPS) is 16.9. The lowest BCUT2D eigenvalue weighted by atomic mass is 10.1. The molecular formula is C18H17ClN2O2. The number of anilines is 2. The zero-order valence-electron chi connectivity index (χ0n) is 12.7. The molecule has 1 aliphatic rings. The van der Waals surface area contributed by atoms with Crippen molar-refractivity contribution in [2.24, 2.45) is 0 Å². The summed E-state index contributed by atoms with van der Waals surface area (Å²) in [6, 6.07) is 14.5. The molecule has 2 aromatic carbocycles. The second kappa shape index (κ2) is 6.44. The third-order valence-electron chi connectivity index (χ3n) is 3.79. The van der Waals surface area contributed by atoms with Gasteiger partial charge in [-0.15, -0.1) is 0 Å². The van der Waals surface area contributed by atoms with Gasteiger partial charge in [-0.2, -0.15) is 0 Å². The fourth-order valence-electron chi connectivity index (χ4n) is 2.61. The average Bonchev–Trinajstić information content (AvgIpc) is 2.56. The molecule has 1 unspecified atom stereocenters. The highest BCUT2D eigenvalue weighted by molar-refractivity contribution is 6.30. The van der Waals surface area contributed by atoms with Gasteiger partial charge in [0.1, 0.15) is 5.70 Å². The summed E-state index contributed by atoms with van der Waals surface area (Å²) in [5, 5.41) is 14.1. The van der Waals surface area contributed by atoms with Crippen molar-refractivity contribution in [3.63, 3.8) is 0 Å². The van der Waals surface area contributed by atoms with Crippen LogP contribution in [-0.2, 0) is 4.79 Å². The lowest BCUT2D eigenvalue weighted by molar-refractivity contribution is -0.115. The summed E-state index contributed by atoms with van der Waals surface area (Å²) in [6.07, 6.45) is 0.646. The minimum Gasteiger partial charge on any atom is -0.384 e. The zero-order chi connectivity index (χ0) is 16.4. The van der Waals surface area contributed by atoms with Gasteiger partial charge in [-0.25, -0.2) is 0 Å². The molecule has 5 heteroatoms. The first-order valence-corrected chi connectivity index (χ1v) is 7.81. The molecular weight excluding hydrogens is 312 g/mol. The molecule has 0 radical (unpaired) electrons. The van der Waals surface area contributed by atoms with Gasteiger partial charge in [0.15, 0.2) is 0 Å². The largest absolute Gasteiger partial charge is 0.384 e. The lowest BCUT2D eigenvalue weighted by Crippen LogP contribution is -2.38. The predicted octanol–water partition coefficient (Wildman–Crippen LogP) is 3.74. The van der Waals surface area contributed by atoms with E-state index in [4.69, 9.17) is 11.6 Å². The first-order valence-electron chi connectivity index (χ1n) is 7.43. The molecule has 0 bridgehead atoms. The number of halogens is 1. The summed E-state index contributed by atoms with van der Waals surface area (Å²) in [7, 11) is 0. The molecule has 0 aliphatic carbocycles. The van der Waals surface area contributed by atoms with Crippen molar-refractivity contribution in [3.8, 4) is 0 Å². The Bertz CT molecular complexity index is 756. The van der Waals surface area contributed by atoms with E-state index >= 15 is 0 Å². The summed E-state index contributed by atoms with van der Waals surface area (Å²) in [5.74, 6) is -0.154. The topological polar surface area (TPSA) is 52.6 Å². The van der Waals surface area contributed by atoms with E-state index in [1.165, 1.54) is 6.08 Å². The maximum atomic E-state index is 12.6. The van der Waals surface area contributed by atoms with Gasteiger partial charge >= 0.3 is 0 Å². The van der Waals surface area contributed by atoms with Crippen LogP contribution in [0.4, 0.5) is 11.4 Å². The summed E-state index contributed by atoms with van der Waals surface area (Å²) < 4.78 is 0. The van der Waals surface area contributed by atoms with Crippen molar-refractivity contribution in [2.75, 3.05) is 16.8 Å². The van der Waals surface area contributed by atoms with Crippen molar-refractivity contribution < 1.29 is 9.90 Å². The molecule has 0 fully saturated rings. The Hall–Kier alpha value is -2.30. The molecule has 1 atom stereocenters. The van der Waals surface area contributed by atoms with Crippen LogP contribution in [0.3, 0.4) is 0 Å². The number of hydrogen-bond donors (Lipinski definition) is 2. The second-order valence-corrected chi connectivity index (χ2v) is 5.70. The highest BCUT2D eigenvalue weighted by Gasteiger charge is 2.27. The Labute approximate surface area is 140 Å². The number of fused-ring (bicyclic) bond motifs is 1. The van der Waals surface area contributed by atoms with Crippen LogP contribution in [0.1, 0.15) is 18.6 Å². The minimum absolute atomic E-state index is 0.154. The monoisotopic (exact) mass is 328 g/mol. The maximum absolute atomic E-state index is 12.6. The lowest BCUT2D eigenvalue weighted by Gasteiger charge is -2.31. The molecule has 23 heavy (non-hydrogen) atoms. The van der Waals surface area contributed by atoms with Crippen molar-refractivity contribution in [2.45, 2.75) is 13.0 Å². The van der Waals surface area contributed by atoms with E-state index in [0.29, 0.717) is 22.8 Å². The Morgan fingerprint density at radius 1 is 1.22 bits per heavy atom. The molecule has 0 saturated heterocycles. The smallest absolute Gasteiger partial charge is 0.274 e. The quantitative estimate of drug-likeness (QED) is 0.844. The summed E-state index contributed by atoms with van der Waals surface area (Å²) in [5.41, 5.74) is 2.74. The van der Waals surface area contributed by atoms with E-state index in [1.807, 2.05) is 31.2 Å². The fourth-order valence-corrected chi connectivity index (χ4v) is 2.74. The minimum atomic E-state index is -0.886. The Balaban J connectivity index is 1.93. The molecule has 0 spiro atoms. The van der Waals surface area contributed by atoms with E-state index in [9.17, 15) is 9.90 Å². The zero-order valence-corrected chi connectivity index (χ0v) is 13.4. The van der Waals surface area contributed by atoms with Crippen LogP contribution in [0.5, 0.6) is 0 Å². The van der Waals surface area contributed by atoms with E-state index in [1.54, 1.807) is 29.2 Å². The number of carbonyl (C=O) groups excluding carboxylic acids is 1. The Morgan fingerprint density at radius 2 is 1.91 bits per heavy atom. The fraction of sp³-hybridized carbons (Fsp3) is 0.167. The van der Waals surface area contributed by atoms with E-state index in [2.05, 4.69) is 5.32 Å². The molecule has 2 N–H and O–H groups in total. The number of hydrogen-bond acceptors (Lipinski definition) is 3. The summed E-state index contributed by atoms with van der Waals surface area (Å²) in [4.78, 5) is 14.3. The van der Waals surface area contributed by atoms with E-state index in [-0.39, 0.29) is 5.91 Å². The molecule has 0 saturated carbocycles. The van der Waals surface area contributed by atoms with Crippen LogP contribution in [0.15, 0.2) is 60.3 Å². The van der Waals surface area contributed by atoms with Crippen LogP contribution >= 0.6 is 11.6 Å². The number of carbonyl (C=O) groups is 1. The third-order valence-corrected chi connectivity index (χ3v) is 4.04. The van der Waals surface area contributed by atoms with Crippen LogP contribution < -0.4 is 10.2 Å². The van der Waals surface area contributed by atoms with Crippen LogP contribution in [0.2, 0.25) is 5.02 Å². The number of nitrogens with zero attached hydrogens (tertiary/aromatic N) is 1. The highest BCUT2D eigenvalue weighted by Crippen LogP contribution is 2.33. The van der Waals surface area contributed by atoms with Crippen molar-refractivity contribution in [1.82, 2.24) is 0 Å². The Kier molecular flexibility index (Phi) is 4.37. The molecule has 0 aromatic heterocycles. The third kappa shape index (κ3) is 3.09. The van der Waals surface area contributed by atoms with Crippen LogP contribution in [0.25, 0.3) is 0 Å². The van der Waals surface area contributed by atoms with Crippen molar-refractivity contribution >= 4 is 28.9 Å². The number of benzene rings is 2.